The summed E-state index contributed by atoms with van der Waals surface area (Å²) in [5.74, 6) is 5.48. The highest BCUT2D eigenvalue weighted by Crippen LogP contribution is 2.27. The molecule has 0 fully saturated rings. The van der Waals surface area contributed by atoms with E-state index >= 15 is 0 Å². The fraction of sp³-hybridized carbons (Fsp3) is 0.250. The van der Waals surface area contributed by atoms with Crippen LogP contribution in [-0.4, -0.2) is 14.1 Å². The van der Waals surface area contributed by atoms with E-state index in [0.29, 0.717) is 0 Å². The average Bonchev–Trinajstić information content (AvgIpc) is 2.42. The van der Waals surface area contributed by atoms with Crippen molar-refractivity contribution in [3.05, 3.63) is 65.0 Å². The van der Waals surface area contributed by atoms with E-state index in [1.54, 1.807) is 6.07 Å². The smallest absolute Gasteiger partial charge is 0.123 e. The van der Waals surface area contributed by atoms with Gasteiger partial charge in [-0.3, -0.25) is 5.84 Å². The fourth-order valence-corrected chi connectivity index (χ4v) is 2.31. The van der Waals surface area contributed by atoms with Crippen LogP contribution in [0, 0.1) is 12.7 Å². The molecule has 0 aromatic heterocycles. The van der Waals surface area contributed by atoms with Gasteiger partial charge in [0.05, 0.1) is 6.04 Å². The summed E-state index contributed by atoms with van der Waals surface area (Å²) in [7, 11) is 3.99. The first-order valence-corrected chi connectivity index (χ1v) is 6.52. The Hall–Kier alpha value is -1.91. The fourth-order valence-electron chi connectivity index (χ4n) is 2.31. The number of anilines is 1. The molecule has 0 radical (unpaired) electrons. The molecule has 20 heavy (non-hydrogen) atoms. The van der Waals surface area contributed by atoms with Crippen LogP contribution in [0.25, 0.3) is 0 Å². The van der Waals surface area contributed by atoms with E-state index in [2.05, 4.69) is 11.5 Å². The number of hydrazine groups is 1. The van der Waals surface area contributed by atoms with Crippen molar-refractivity contribution in [1.82, 2.24) is 5.43 Å². The highest BCUT2D eigenvalue weighted by Gasteiger charge is 2.15. The number of aryl methyl sites for hydroxylation is 1. The first-order chi connectivity index (χ1) is 9.52. The number of nitrogens with zero attached hydrogens (tertiary/aromatic N) is 1. The SMILES string of the molecule is Cc1cc(F)ccc1C(NN)c1cccc(N(C)C)c1. The summed E-state index contributed by atoms with van der Waals surface area (Å²) < 4.78 is 13.2. The molecule has 0 aliphatic heterocycles. The van der Waals surface area contributed by atoms with E-state index in [4.69, 9.17) is 5.84 Å². The van der Waals surface area contributed by atoms with Gasteiger partial charge < -0.3 is 4.90 Å². The van der Waals surface area contributed by atoms with Crippen LogP contribution < -0.4 is 16.2 Å². The van der Waals surface area contributed by atoms with Crippen molar-refractivity contribution in [3.8, 4) is 0 Å². The second-order valence-corrected chi connectivity index (χ2v) is 5.09. The minimum absolute atomic E-state index is 0.157. The van der Waals surface area contributed by atoms with Crippen molar-refractivity contribution in [3.63, 3.8) is 0 Å². The quantitative estimate of drug-likeness (QED) is 0.665. The van der Waals surface area contributed by atoms with Gasteiger partial charge in [0.25, 0.3) is 0 Å². The van der Waals surface area contributed by atoms with E-state index in [1.165, 1.54) is 12.1 Å². The van der Waals surface area contributed by atoms with Gasteiger partial charge in [-0.1, -0.05) is 18.2 Å². The van der Waals surface area contributed by atoms with Crippen molar-refractivity contribution in [2.24, 2.45) is 5.84 Å². The van der Waals surface area contributed by atoms with E-state index in [9.17, 15) is 4.39 Å². The number of benzene rings is 2. The Morgan fingerprint density at radius 3 is 2.50 bits per heavy atom. The van der Waals surface area contributed by atoms with Crippen molar-refractivity contribution >= 4 is 5.69 Å². The molecule has 2 aromatic carbocycles. The number of halogens is 1. The van der Waals surface area contributed by atoms with E-state index in [1.807, 2.05) is 44.1 Å². The Kier molecular flexibility index (Phi) is 4.37. The maximum Gasteiger partial charge on any atom is 0.123 e. The predicted molar refractivity (Wildman–Crippen MR) is 81.1 cm³/mol. The van der Waals surface area contributed by atoms with Gasteiger partial charge in [-0.25, -0.2) is 9.82 Å². The Morgan fingerprint density at radius 2 is 1.90 bits per heavy atom. The summed E-state index contributed by atoms with van der Waals surface area (Å²) >= 11 is 0. The number of hydrogen-bond acceptors (Lipinski definition) is 3. The molecule has 2 rings (SSSR count). The monoisotopic (exact) mass is 273 g/mol. The van der Waals surface area contributed by atoms with Crippen molar-refractivity contribution in [2.45, 2.75) is 13.0 Å². The standard InChI is InChI=1S/C16H20FN3/c1-11-9-13(17)7-8-15(11)16(19-18)12-5-4-6-14(10-12)20(2)3/h4-10,16,19H,18H2,1-3H3. The van der Waals surface area contributed by atoms with Crippen molar-refractivity contribution in [2.75, 3.05) is 19.0 Å². The van der Waals surface area contributed by atoms with Crippen LogP contribution in [0.4, 0.5) is 10.1 Å². The van der Waals surface area contributed by atoms with Crippen LogP contribution in [0.15, 0.2) is 42.5 Å². The molecule has 106 valence electrons. The molecular formula is C16H20FN3. The zero-order valence-electron chi connectivity index (χ0n) is 12.0. The van der Waals surface area contributed by atoms with Gasteiger partial charge in [0.15, 0.2) is 0 Å². The molecule has 4 heteroatoms. The second kappa shape index (κ2) is 6.03. The number of nitrogens with one attached hydrogen (secondary N) is 1. The first-order valence-electron chi connectivity index (χ1n) is 6.52. The molecule has 0 saturated heterocycles. The Labute approximate surface area is 119 Å². The first kappa shape index (κ1) is 14.5. The highest BCUT2D eigenvalue weighted by atomic mass is 19.1. The maximum atomic E-state index is 13.2. The molecule has 0 saturated carbocycles. The third kappa shape index (κ3) is 2.98. The second-order valence-electron chi connectivity index (χ2n) is 5.09. The number of nitrogens with two attached hydrogens (primary N) is 1. The van der Waals surface area contributed by atoms with Gasteiger partial charge in [0.1, 0.15) is 5.82 Å². The molecule has 0 amide bonds. The molecule has 0 aliphatic rings. The molecule has 0 spiro atoms. The lowest BCUT2D eigenvalue weighted by Gasteiger charge is -2.21. The van der Waals surface area contributed by atoms with E-state index in [0.717, 1.165) is 22.4 Å². The largest absolute Gasteiger partial charge is 0.378 e. The lowest BCUT2D eigenvalue weighted by atomic mass is 9.95. The summed E-state index contributed by atoms with van der Waals surface area (Å²) in [6.07, 6.45) is 0. The van der Waals surface area contributed by atoms with Crippen LogP contribution in [0.3, 0.4) is 0 Å². The summed E-state index contributed by atoms with van der Waals surface area (Å²) in [6, 6.07) is 12.7. The Balaban J connectivity index is 2.44. The third-order valence-electron chi connectivity index (χ3n) is 3.43. The van der Waals surface area contributed by atoms with Crippen molar-refractivity contribution < 1.29 is 4.39 Å². The molecular weight excluding hydrogens is 253 g/mol. The Bertz CT molecular complexity index is 596. The number of rotatable bonds is 4. The lowest BCUT2D eigenvalue weighted by Crippen LogP contribution is -2.29. The van der Waals surface area contributed by atoms with E-state index in [-0.39, 0.29) is 11.9 Å². The Morgan fingerprint density at radius 1 is 1.15 bits per heavy atom. The van der Waals surface area contributed by atoms with Crippen LogP contribution in [0.2, 0.25) is 0 Å². The molecule has 1 unspecified atom stereocenters. The van der Waals surface area contributed by atoms with Crippen molar-refractivity contribution in [1.29, 1.82) is 0 Å². The molecule has 0 aliphatic carbocycles. The van der Waals surface area contributed by atoms with Gasteiger partial charge in [-0.05, 0) is 47.9 Å². The predicted octanol–water partition coefficient (Wildman–Crippen LogP) is 2.75. The topological polar surface area (TPSA) is 41.3 Å². The van der Waals surface area contributed by atoms with Crippen LogP contribution in [0.1, 0.15) is 22.7 Å². The molecule has 3 nitrogen and oxygen atoms in total. The third-order valence-corrected chi connectivity index (χ3v) is 3.43. The maximum absolute atomic E-state index is 13.2. The van der Waals surface area contributed by atoms with Gasteiger partial charge in [0.2, 0.25) is 0 Å². The number of hydrogen-bond donors (Lipinski definition) is 2. The van der Waals surface area contributed by atoms with Gasteiger partial charge >= 0.3 is 0 Å². The highest BCUT2D eigenvalue weighted by molar-refractivity contribution is 5.50. The summed E-state index contributed by atoms with van der Waals surface area (Å²) in [5, 5.41) is 0. The summed E-state index contributed by atoms with van der Waals surface area (Å²) in [5.41, 5.74) is 6.82. The van der Waals surface area contributed by atoms with Crippen LogP contribution in [-0.2, 0) is 0 Å². The van der Waals surface area contributed by atoms with Gasteiger partial charge in [-0.2, -0.15) is 0 Å². The minimum atomic E-state index is -0.232. The molecule has 0 heterocycles. The van der Waals surface area contributed by atoms with Gasteiger partial charge in [-0.15, -0.1) is 0 Å². The van der Waals surface area contributed by atoms with Crippen LogP contribution in [0.5, 0.6) is 0 Å². The molecule has 3 N–H and O–H groups in total. The normalized spacial score (nSPS) is 12.2. The minimum Gasteiger partial charge on any atom is -0.378 e. The van der Waals surface area contributed by atoms with Crippen LogP contribution >= 0.6 is 0 Å². The summed E-state index contributed by atoms with van der Waals surface area (Å²) in [6.45, 7) is 1.89. The summed E-state index contributed by atoms with van der Waals surface area (Å²) in [4.78, 5) is 2.04. The zero-order chi connectivity index (χ0) is 14.7. The van der Waals surface area contributed by atoms with E-state index < -0.39 is 0 Å². The lowest BCUT2D eigenvalue weighted by molar-refractivity contribution is 0.612. The molecule has 1 atom stereocenters. The molecule has 0 bridgehead atoms. The molecule has 2 aromatic rings. The van der Waals surface area contributed by atoms with Gasteiger partial charge in [0, 0.05) is 19.8 Å². The average molecular weight is 273 g/mol. The zero-order valence-corrected chi connectivity index (χ0v) is 12.0.